The summed E-state index contributed by atoms with van der Waals surface area (Å²) in [6, 6.07) is 17.3. The molecule has 0 unspecified atom stereocenters. The van der Waals surface area contributed by atoms with E-state index in [2.05, 4.69) is 5.32 Å². The Morgan fingerprint density at radius 3 is 2.03 bits per heavy atom. The molecule has 0 radical (unpaired) electrons. The Bertz CT molecular complexity index is 1260. The summed E-state index contributed by atoms with van der Waals surface area (Å²) in [5.74, 6) is 1.31. The van der Waals surface area contributed by atoms with Crippen LogP contribution in [0.2, 0.25) is 5.02 Å². The second kappa shape index (κ2) is 11.4. The number of amides is 2. The summed E-state index contributed by atoms with van der Waals surface area (Å²) >= 11 is 6.32. The summed E-state index contributed by atoms with van der Waals surface area (Å²) in [7, 11) is 6.18. The molecule has 0 saturated carbocycles. The van der Waals surface area contributed by atoms with Gasteiger partial charge in [-0.15, -0.1) is 0 Å². The van der Waals surface area contributed by atoms with Crippen LogP contribution in [-0.2, 0) is 9.59 Å². The van der Waals surface area contributed by atoms with Crippen molar-refractivity contribution in [2.24, 2.45) is 5.92 Å². The summed E-state index contributed by atoms with van der Waals surface area (Å²) in [6.07, 6.45) is 0.595. The Balaban J connectivity index is 1.74. The third-order valence-electron chi connectivity index (χ3n) is 6.47. The number of halogens is 1. The lowest BCUT2D eigenvalue weighted by Crippen LogP contribution is -2.47. The maximum atomic E-state index is 13.8. The van der Waals surface area contributed by atoms with Crippen LogP contribution in [0.1, 0.15) is 24.4 Å². The van der Waals surface area contributed by atoms with Gasteiger partial charge in [-0.25, -0.2) is 0 Å². The second-order valence-electron chi connectivity index (χ2n) is 8.50. The first kappa shape index (κ1) is 26.2. The van der Waals surface area contributed by atoms with Gasteiger partial charge in [-0.3, -0.25) is 9.59 Å². The van der Waals surface area contributed by atoms with Crippen LogP contribution in [0.3, 0.4) is 0 Å². The number of ether oxygens (including phenoxy) is 4. The summed E-state index contributed by atoms with van der Waals surface area (Å²) in [6.45, 7) is 0. The van der Waals surface area contributed by atoms with Crippen molar-refractivity contribution in [2.75, 3.05) is 38.7 Å². The lowest BCUT2D eigenvalue weighted by atomic mass is 9.83. The van der Waals surface area contributed by atoms with Crippen LogP contribution in [0, 0.1) is 5.92 Å². The molecule has 1 aliphatic heterocycles. The summed E-state index contributed by atoms with van der Waals surface area (Å²) in [5.41, 5.74) is 1.90. The van der Waals surface area contributed by atoms with Crippen LogP contribution in [-0.4, -0.2) is 40.3 Å². The molecule has 194 valence electrons. The van der Waals surface area contributed by atoms with Crippen LogP contribution >= 0.6 is 11.6 Å². The van der Waals surface area contributed by atoms with Gasteiger partial charge in [-0.05, 0) is 54.4 Å². The van der Waals surface area contributed by atoms with Gasteiger partial charge in [0.2, 0.25) is 11.8 Å². The predicted molar refractivity (Wildman–Crippen MR) is 142 cm³/mol. The van der Waals surface area contributed by atoms with E-state index in [1.165, 1.54) is 14.2 Å². The quantitative estimate of drug-likeness (QED) is 0.419. The van der Waals surface area contributed by atoms with E-state index in [-0.39, 0.29) is 18.2 Å². The zero-order valence-corrected chi connectivity index (χ0v) is 21.9. The number of rotatable bonds is 8. The van der Waals surface area contributed by atoms with E-state index in [1.807, 2.05) is 36.4 Å². The van der Waals surface area contributed by atoms with Crippen LogP contribution in [0.15, 0.2) is 60.7 Å². The fourth-order valence-electron chi connectivity index (χ4n) is 4.58. The molecule has 2 atom stereocenters. The van der Waals surface area contributed by atoms with Crippen molar-refractivity contribution in [3.63, 3.8) is 0 Å². The minimum absolute atomic E-state index is 0.0693. The third kappa shape index (κ3) is 5.44. The van der Waals surface area contributed by atoms with Gasteiger partial charge >= 0.3 is 0 Å². The predicted octanol–water partition coefficient (Wildman–Crippen LogP) is 5.50. The van der Waals surface area contributed by atoms with Crippen molar-refractivity contribution in [3.05, 3.63) is 71.2 Å². The van der Waals surface area contributed by atoms with Crippen molar-refractivity contribution in [1.82, 2.24) is 0 Å². The molecule has 0 aromatic heterocycles. The molecule has 4 rings (SSSR count). The maximum Gasteiger partial charge on any atom is 0.230 e. The SMILES string of the molecule is COc1ccc([C@@H]2[C@H](C(=O)Nc3cc(Cl)c(OC)cc3OC)CCC(=O)N2c2ccc(OC)cc2)cc1. The lowest BCUT2D eigenvalue weighted by Gasteiger charge is -2.41. The van der Waals surface area contributed by atoms with Gasteiger partial charge in [0.1, 0.15) is 23.0 Å². The molecular formula is C28H29ClN2O6. The topological polar surface area (TPSA) is 86.3 Å². The number of anilines is 2. The molecule has 0 bridgehead atoms. The Labute approximate surface area is 221 Å². The zero-order chi connectivity index (χ0) is 26.5. The molecule has 3 aromatic rings. The number of carbonyl (C=O) groups is 2. The second-order valence-corrected chi connectivity index (χ2v) is 8.91. The zero-order valence-electron chi connectivity index (χ0n) is 21.1. The highest BCUT2D eigenvalue weighted by atomic mass is 35.5. The molecular weight excluding hydrogens is 496 g/mol. The Morgan fingerprint density at radius 1 is 0.865 bits per heavy atom. The average molecular weight is 525 g/mol. The highest BCUT2D eigenvalue weighted by molar-refractivity contribution is 6.32. The maximum absolute atomic E-state index is 13.8. The van der Waals surface area contributed by atoms with Crippen molar-refractivity contribution in [1.29, 1.82) is 0 Å². The molecule has 37 heavy (non-hydrogen) atoms. The highest BCUT2D eigenvalue weighted by Gasteiger charge is 2.41. The number of nitrogens with one attached hydrogen (secondary N) is 1. The Morgan fingerprint density at radius 2 is 1.46 bits per heavy atom. The van der Waals surface area contributed by atoms with Crippen LogP contribution in [0.5, 0.6) is 23.0 Å². The van der Waals surface area contributed by atoms with Gasteiger partial charge in [0.25, 0.3) is 0 Å². The largest absolute Gasteiger partial charge is 0.497 e. The van der Waals surface area contributed by atoms with Gasteiger partial charge < -0.3 is 29.2 Å². The first-order valence-electron chi connectivity index (χ1n) is 11.7. The van der Waals surface area contributed by atoms with Crippen molar-refractivity contribution >= 4 is 34.8 Å². The summed E-state index contributed by atoms with van der Waals surface area (Å²) in [5, 5.41) is 3.30. The van der Waals surface area contributed by atoms with E-state index in [0.717, 1.165) is 5.56 Å². The molecule has 8 nitrogen and oxygen atoms in total. The van der Waals surface area contributed by atoms with E-state index in [1.54, 1.807) is 43.4 Å². The van der Waals surface area contributed by atoms with E-state index in [9.17, 15) is 9.59 Å². The van der Waals surface area contributed by atoms with E-state index < -0.39 is 12.0 Å². The van der Waals surface area contributed by atoms with E-state index in [0.29, 0.717) is 45.8 Å². The standard InChI is InChI=1S/C28H29ClN2O6/c1-34-19-9-5-17(6-10-19)27-21(13-14-26(32)31(27)18-7-11-20(35-2)12-8-18)28(33)30-23-15-22(29)24(36-3)16-25(23)37-4/h5-12,15-16,21,27H,13-14H2,1-4H3,(H,30,33)/t21-,27-/m1/s1. The summed E-state index contributed by atoms with van der Waals surface area (Å²) in [4.78, 5) is 28.7. The fourth-order valence-corrected chi connectivity index (χ4v) is 4.82. The highest BCUT2D eigenvalue weighted by Crippen LogP contribution is 2.42. The van der Waals surface area contributed by atoms with Gasteiger partial charge in [0.15, 0.2) is 0 Å². The number of carbonyl (C=O) groups excluding carboxylic acids is 2. The van der Waals surface area contributed by atoms with Crippen molar-refractivity contribution < 1.29 is 28.5 Å². The molecule has 9 heteroatoms. The molecule has 0 aliphatic carbocycles. The van der Waals surface area contributed by atoms with Crippen molar-refractivity contribution in [2.45, 2.75) is 18.9 Å². The first-order valence-corrected chi connectivity index (χ1v) is 12.1. The molecule has 1 fully saturated rings. The first-order chi connectivity index (χ1) is 17.9. The third-order valence-corrected chi connectivity index (χ3v) is 6.77. The van der Waals surface area contributed by atoms with Crippen LogP contribution in [0.4, 0.5) is 11.4 Å². The monoisotopic (exact) mass is 524 g/mol. The number of nitrogens with zero attached hydrogens (tertiary/aromatic N) is 1. The Kier molecular flexibility index (Phi) is 8.08. The minimum Gasteiger partial charge on any atom is -0.497 e. The van der Waals surface area contributed by atoms with Gasteiger partial charge in [0.05, 0.1) is 51.1 Å². The molecule has 2 amide bonds. The van der Waals surface area contributed by atoms with Gasteiger partial charge in [-0.2, -0.15) is 0 Å². The molecule has 1 saturated heterocycles. The molecule has 3 aromatic carbocycles. The molecule has 1 heterocycles. The van der Waals surface area contributed by atoms with Crippen LogP contribution in [0.25, 0.3) is 0 Å². The normalized spacial score (nSPS) is 17.2. The van der Waals surface area contributed by atoms with Gasteiger partial charge in [-0.1, -0.05) is 23.7 Å². The number of methoxy groups -OCH3 is 4. The van der Waals surface area contributed by atoms with Crippen LogP contribution < -0.4 is 29.2 Å². The van der Waals surface area contributed by atoms with E-state index in [4.69, 9.17) is 30.5 Å². The van der Waals surface area contributed by atoms with Crippen molar-refractivity contribution in [3.8, 4) is 23.0 Å². The lowest BCUT2D eigenvalue weighted by molar-refractivity contribution is -0.125. The van der Waals surface area contributed by atoms with E-state index >= 15 is 0 Å². The Hall–Kier alpha value is -3.91. The molecule has 1 aliphatic rings. The summed E-state index contributed by atoms with van der Waals surface area (Å²) < 4.78 is 21.3. The van der Waals surface area contributed by atoms with Gasteiger partial charge in [0, 0.05) is 18.2 Å². The smallest absolute Gasteiger partial charge is 0.230 e. The molecule has 0 spiro atoms. The number of hydrogen-bond donors (Lipinski definition) is 1. The number of piperidine rings is 1. The number of benzene rings is 3. The molecule has 1 N–H and O–H groups in total. The fraction of sp³-hybridized carbons (Fsp3) is 0.286. The number of hydrogen-bond acceptors (Lipinski definition) is 6. The minimum atomic E-state index is -0.557. The average Bonchev–Trinajstić information content (AvgIpc) is 2.93.